The van der Waals surface area contributed by atoms with Crippen LogP contribution < -0.4 is 16.0 Å². The molecule has 0 bridgehead atoms. The number of amides is 5. The Morgan fingerprint density at radius 3 is 1.90 bits per heavy atom. The average Bonchev–Trinajstić information content (AvgIpc) is 4.04. The first kappa shape index (κ1) is 46.5. The minimum Gasteiger partial charge on any atom is -0.444 e. The van der Waals surface area contributed by atoms with Gasteiger partial charge in [0.2, 0.25) is 0 Å². The van der Waals surface area contributed by atoms with Gasteiger partial charge in [0.1, 0.15) is 5.60 Å². The molecule has 2 aromatic heterocycles. The molecule has 2 saturated heterocycles. The van der Waals surface area contributed by atoms with E-state index in [1.165, 1.54) is 35.5 Å². The third-order valence-corrected chi connectivity index (χ3v) is 14.2. The van der Waals surface area contributed by atoms with E-state index in [9.17, 15) is 24.0 Å². The first-order valence-electron chi connectivity index (χ1n) is 21.4. The molecule has 4 aliphatic rings. The first-order chi connectivity index (χ1) is 30.2. The van der Waals surface area contributed by atoms with Crippen molar-refractivity contribution in [3.05, 3.63) is 101 Å². The van der Waals surface area contributed by atoms with E-state index in [2.05, 4.69) is 16.0 Å². The second-order valence-electron chi connectivity index (χ2n) is 17.2. The highest BCUT2D eigenvalue weighted by molar-refractivity contribution is 7.18. The predicted molar refractivity (Wildman–Crippen MR) is 248 cm³/mol. The number of ether oxygens (including phenoxy) is 2. The maximum Gasteiger partial charge on any atom is 0.410 e. The van der Waals surface area contributed by atoms with E-state index in [1.54, 1.807) is 53.3 Å². The molecule has 8 rings (SSSR count). The number of methoxy groups -OCH3 is 1. The molecule has 2 fully saturated rings. The lowest BCUT2D eigenvalue weighted by Crippen LogP contribution is -2.42. The Balaban J connectivity index is 0.000000196. The number of nitrogens with one attached hydrogen (secondary N) is 3. The van der Waals surface area contributed by atoms with Gasteiger partial charge in [0.15, 0.2) is 6.23 Å². The van der Waals surface area contributed by atoms with Crippen LogP contribution in [0.2, 0.25) is 8.67 Å². The number of hydrogen-bond donors (Lipinski definition) is 3. The van der Waals surface area contributed by atoms with Crippen LogP contribution in [0.4, 0.5) is 16.2 Å². The van der Waals surface area contributed by atoms with Crippen molar-refractivity contribution in [3.8, 4) is 0 Å². The molecule has 63 heavy (non-hydrogen) atoms. The fraction of sp³-hybridized carbons (Fsp3) is 0.457. The molecule has 0 spiro atoms. The van der Waals surface area contributed by atoms with Crippen molar-refractivity contribution >= 4 is 87.0 Å². The zero-order chi connectivity index (χ0) is 44.8. The molecular formula is C46H54Cl2N6O7S2. The average molecular weight is 938 g/mol. The summed E-state index contributed by atoms with van der Waals surface area (Å²) in [6, 6.07) is 17.8. The van der Waals surface area contributed by atoms with Gasteiger partial charge in [-0.05, 0) is 126 Å². The Labute approximate surface area is 386 Å². The van der Waals surface area contributed by atoms with Gasteiger partial charge in [-0.3, -0.25) is 19.2 Å². The van der Waals surface area contributed by atoms with Gasteiger partial charge in [0.05, 0.1) is 40.9 Å². The summed E-state index contributed by atoms with van der Waals surface area (Å²) in [6.45, 7) is 10.9. The third-order valence-electron chi connectivity index (χ3n) is 11.8. The van der Waals surface area contributed by atoms with Crippen molar-refractivity contribution in [2.75, 3.05) is 57.0 Å². The molecule has 5 amide bonds. The smallest absolute Gasteiger partial charge is 0.410 e. The van der Waals surface area contributed by atoms with E-state index < -0.39 is 11.8 Å². The number of carbonyl (C=O) groups excluding carboxylic acids is 5. The number of hydrogen-bond acceptors (Lipinski definition) is 10. The van der Waals surface area contributed by atoms with E-state index in [4.69, 9.17) is 32.7 Å². The van der Waals surface area contributed by atoms with Crippen LogP contribution in [0.3, 0.4) is 0 Å². The van der Waals surface area contributed by atoms with E-state index in [-0.39, 0.29) is 29.7 Å². The molecule has 0 aliphatic carbocycles. The molecule has 6 heterocycles. The third kappa shape index (κ3) is 11.4. The number of carbonyl (C=O) groups is 5. The Hall–Kier alpha value is -4.51. The van der Waals surface area contributed by atoms with Crippen molar-refractivity contribution < 1.29 is 33.4 Å². The Morgan fingerprint density at radius 1 is 0.762 bits per heavy atom. The summed E-state index contributed by atoms with van der Waals surface area (Å²) in [6.07, 6.45) is 5.13. The van der Waals surface area contributed by atoms with Gasteiger partial charge in [-0.15, -0.1) is 22.7 Å². The van der Waals surface area contributed by atoms with Crippen molar-refractivity contribution in [1.29, 1.82) is 0 Å². The van der Waals surface area contributed by atoms with Crippen LogP contribution in [0.5, 0.6) is 0 Å². The normalized spacial score (nSPS) is 17.9. The number of anilines is 2. The minimum absolute atomic E-state index is 0.0130. The Kier molecular flexibility index (Phi) is 15.2. The summed E-state index contributed by atoms with van der Waals surface area (Å²) in [7, 11) is 1.58. The molecule has 2 aromatic carbocycles. The number of halogens is 2. The summed E-state index contributed by atoms with van der Waals surface area (Å²) >= 11 is 14.3. The van der Waals surface area contributed by atoms with Crippen LogP contribution in [-0.4, -0.2) is 96.4 Å². The number of nitrogens with zero attached hydrogens (tertiary/aromatic N) is 3. The number of thiophene rings is 2. The summed E-state index contributed by atoms with van der Waals surface area (Å²) < 4.78 is 12.3. The van der Waals surface area contributed by atoms with Crippen LogP contribution in [0.15, 0.2) is 60.7 Å². The zero-order valence-electron chi connectivity index (χ0n) is 36.0. The molecule has 4 aliphatic heterocycles. The number of benzene rings is 2. The molecule has 0 radical (unpaired) electrons. The number of rotatable bonds is 11. The molecule has 1 unspecified atom stereocenters. The highest BCUT2D eigenvalue weighted by Crippen LogP contribution is 2.39. The monoisotopic (exact) mass is 936 g/mol. The van der Waals surface area contributed by atoms with Crippen LogP contribution >= 0.6 is 45.9 Å². The highest BCUT2D eigenvalue weighted by atomic mass is 35.5. The molecule has 0 saturated carbocycles. The van der Waals surface area contributed by atoms with Crippen LogP contribution in [0, 0.1) is 11.8 Å². The first-order valence-corrected chi connectivity index (χ1v) is 23.8. The van der Waals surface area contributed by atoms with Crippen LogP contribution in [0.25, 0.3) is 0 Å². The van der Waals surface area contributed by atoms with Gasteiger partial charge in [-0.25, -0.2) is 4.79 Å². The van der Waals surface area contributed by atoms with E-state index in [0.717, 1.165) is 56.4 Å². The van der Waals surface area contributed by atoms with Crippen molar-refractivity contribution in [3.63, 3.8) is 0 Å². The lowest BCUT2D eigenvalue weighted by atomic mass is 9.93. The van der Waals surface area contributed by atoms with Crippen LogP contribution in [0.1, 0.15) is 117 Å². The van der Waals surface area contributed by atoms with E-state index >= 15 is 0 Å². The number of fused-ring (bicyclic) bond motifs is 2. The molecule has 13 nitrogen and oxygen atoms in total. The second-order valence-corrected chi connectivity index (χ2v) is 20.7. The summed E-state index contributed by atoms with van der Waals surface area (Å²) in [4.78, 5) is 70.3. The maximum atomic E-state index is 13.5. The van der Waals surface area contributed by atoms with Crippen molar-refractivity contribution in [1.82, 2.24) is 20.0 Å². The van der Waals surface area contributed by atoms with Gasteiger partial charge in [0.25, 0.3) is 23.6 Å². The van der Waals surface area contributed by atoms with Crippen molar-refractivity contribution in [2.45, 2.75) is 77.7 Å². The predicted octanol–water partition coefficient (Wildman–Crippen LogP) is 9.79. The van der Waals surface area contributed by atoms with Gasteiger partial charge < -0.3 is 40.1 Å². The summed E-state index contributed by atoms with van der Waals surface area (Å²) in [5, 5.41) is 9.13. The second kappa shape index (κ2) is 20.5. The van der Waals surface area contributed by atoms with Crippen LogP contribution in [-0.2, 0) is 16.0 Å². The largest absolute Gasteiger partial charge is 0.444 e. The number of piperidine rings is 2. The van der Waals surface area contributed by atoms with E-state index in [1.807, 2.05) is 49.9 Å². The van der Waals surface area contributed by atoms with Gasteiger partial charge in [0, 0.05) is 45.4 Å². The van der Waals surface area contributed by atoms with Gasteiger partial charge in [-0.1, -0.05) is 47.5 Å². The van der Waals surface area contributed by atoms with Crippen molar-refractivity contribution in [2.24, 2.45) is 11.8 Å². The number of likely N-dealkylation sites (tertiary alicyclic amines) is 1. The quantitative estimate of drug-likeness (QED) is 0.135. The molecule has 336 valence electrons. The zero-order valence-corrected chi connectivity index (χ0v) is 39.1. The molecule has 4 aromatic rings. The molecular weight excluding hydrogens is 884 g/mol. The maximum absolute atomic E-state index is 13.5. The molecule has 1 atom stereocenters. The fourth-order valence-corrected chi connectivity index (χ4v) is 10.4. The standard InChI is InChI=1S/C26H32ClN3O5S.C20H22ClN3O2S/c1-26(2,3)35-25(33)29-13-10-16(11-14-29)12-15-30-23(32)21-17(24(30)34-4)6-5-7-18(21)28-22(31)19-8-9-20(27)36-19;21-17-5-4-16(27-17)19(25)23-15-3-1-2-14-12-24(20(26)18(14)15)11-8-13-6-9-22-10-7-13/h5-9,16,24H,10-15H2,1-4H3,(H,28,31);1-5,13,22H,6-12H2,(H,23,25). The minimum atomic E-state index is -0.512. The molecule has 3 N–H and O–H groups in total. The Bertz CT molecular complexity index is 2310. The van der Waals surface area contributed by atoms with Gasteiger partial charge >= 0.3 is 6.09 Å². The fourth-order valence-electron chi connectivity index (χ4n) is 8.52. The summed E-state index contributed by atoms with van der Waals surface area (Å²) in [5.41, 5.74) is 3.33. The molecule has 17 heteroatoms. The Morgan fingerprint density at radius 2 is 1.33 bits per heavy atom. The SMILES string of the molecule is COC1c2cccc(NC(=O)c3ccc(Cl)s3)c2C(=O)N1CCC1CCN(C(=O)OC(C)(C)C)CC1.O=C(Nc1cccc2c1C(=O)N(CCC1CCNCC1)C2)c1ccc(Cl)s1. The lowest BCUT2D eigenvalue weighted by molar-refractivity contribution is -0.0158. The van der Waals surface area contributed by atoms with Gasteiger partial charge in [-0.2, -0.15) is 0 Å². The topological polar surface area (TPSA) is 150 Å². The summed E-state index contributed by atoms with van der Waals surface area (Å²) in [5.74, 6) is 0.381. The lowest BCUT2D eigenvalue weighted by Gasteiger charge is -2.34. The highest BCUT2D eigenvalue weighted by Gasteiger charge is 2.39. The van der Waals surface area contributed by atoms with E-state index in [0.29, 0.717) is 78.9 Å².